The lowest BCUT2D eigenvalue weighted by Crippen LogP contribution is -2.03. The Bertz CT molecular complexity index is 835. The maximum atomic E-state index is 12.7. The molecule has 0 radical (unpaired) electrons. The number of carbonyl (C=O) groups is 2. The molecule has 0 fully saturated rings. The summed E-state index contributed by atoms with van der Waals surface area (Å²) in [5.41, 5.74) is 1.78. The van der Waals surface area contributed by atoms with Crippen molar-refractivity contribution in [2.45, 2.75) is 0 Å². The van der Waals surface area contributed by atoms with Crippen LogP contribution in [0.15, 0.2) is 69.6 Å². The zero-order valence-electron chi connectivity index (χ0n) is 11.5. The molecule has 0 spiro atoms. The fourth-order valence-corrected chi connectivity index (χ4v) is 2.59. The summed E-state index contributed by atoms with van der Waals surface area (Å²) < 4.78 is 6.25. The highest BCUT2D eigenvalue weighted by Crippen LogP contribution is 2.29. The molecule has 0 aliphatic rings. The molecule has 1 aromatic heterocycles. The molecular formula is C18H11BrO3. The maximum Gasteiger partial charge on any atom is 0.193 e. The van der Waals surface area contributed by atoms with E-state index in [-0.39, 0.29) is 11.5 Å². The van der Waals surface area contributed by atoms with Gasteiger partial charge in [-0.2, -0.15) is 0 Å². The van der Waals surface area contributed by atoms with E-state index >= 15 is 0 Å². The van der Waals surface area contributed by atoms with Gasteiger partial charge in [0.05, 0.1) is 0 Å². The number of aldehydes is 1. The van der Waals surface area contributed by atoms with Crippen LogP contribution in [0.25, 0.3) is 11.3 Å². The molecule has 3 aromatic rings. The minimum atomic E-state index is -0.0963. The summed E-state index contributed by atoms with van der Waals surface area (Å²) in [6.45, 7) is 0. The van der Waals surface area contributed by atoms with E-state index in [0.29, 0.717) is 28.7 Å². The second-order valence-electron chi connectivity index (χ2n) is 4.70. The summed E-state index contributed by atoms with van der Waals surface area (Å²) in [5, 5.41) is 0. The van der Waals surface area contributed by atoms with Crippen molar-refractivity contribution in [1.29, 1.82) is 0 Å². The van der Waals surface area contributed by atoms with Crippen molar-refractivity contribution in [1.82, 2.24) is 0 Å². The van der Waals surface area contributed by atoms with Crippen molar-refractivity contribution >= 4 is 28.0 Å². The van der Waals surface area contributed by atoms with Gasteiger partial charge in [0.15, 0.2) is 17.8 Å². The van der Waals surface area contributed by atoms with E-state index < -0.39 is 0 Å². The molecule has 3 nitrogen and oxygen atoms in total. The molecule has 0 amide bonds. The van der Waals surface area contributed by atoms with Crippen molar-refractivity contribution in [2.24, 2.45) is 0 Å². The Kier molecular flexibility index (Phi) is 4.02. The Morgan fingerprint density at radius 2 is 1.77 bits per heavy atom. The summed E-state index contributed by atoms with van der Waals surface area (Å²) >= 11 is 3.39. The first-order valence-corrected chi connectivity index (χ1v) is 7.43. The van der Waals surface area contributed by atoms with Crippen molar-refractivity contribution < 1.29 is 14.0 Å². The van der Waals surface area contributed by atoms with E-state index in [1.54, 1.807) is 36.4 Å². The second-order valence-corrected chi connectivity index (χ2v) is 5.62. The van der Waals surface area contributed by atoms with E-state index in [4.69, 9.17) is 4.42 Å². The van der Waals surface area contributed by atoms with Crippen LogP contribution >= 0.6 is 15.9 Å². The molecule has 1 heterocycles. The fraction of sp³-hybridized carbons (Fsp3) is 0. The molecule has 4 heteroatoms. The molecule has 0 unspecified atom stereocenters. The van der Waals surface area contributed by atoms with Crippen LogP contribution < -0.4 is 0 Å². The number of hydrogen-bond acceptors (Lipinski definition) is 3. The Labute approximate surface area is 135 Å². The Morgan fingerprint density at radius 3 is 2.45 bits per heavy atom. The summed E-state index contributed by atoms with van der Waals surface area (Å²) in [4.78, 5) is 23.5. The normalized spacial score (nSPS) is 10.4. The van der Waals surface area contributed by atoms with E-state index in [0.717, 1.165) is 4.47 Å². The average molecular weight is 355 g/mol. The molecule has 0 aliphatic carbocycles. The monoisotopic (exact) mass is 354 g/mol. The molecule has 0 saturated carbocycles. The van der Waals surface area contributed by atoms with Crippen molar-refractivity contribution in [2.75, 3.05) is 0 Å². The van der Waals surface area contributed by atoms with Crippen molar-refractivity contribution in [3.05, 3.63) is 82.0 Å². The van der Waals surface area contributed by atoms with Crippen LogP contribution in [0.2, 0.25) is 0 Å². The van der Waals surface area contributed by atoms with E-state index in [1.807, 2.05) is 24.3 Å². The second kappa shape index (κ2) is 6.12. The van der Waals surface area contributed by atoms with Gasteiger partial charge in [-0.25, -0.2) is 0 Å². The third-order valence-corrected chi connectivity index (χ3v) is 3.76. The molecule has 108 valence electrons. The van der Waals surface area contributed by atoms with Gasteiger partial charge in [0, 0.05) is 21.2 Å². The highest BCUT2D eigenvalue weighted by Gasteiger charge is 2.17. The molecule has 0 N–H and O–H groups in total. The van der Waals surface area contributed by atoms with Gasteiger partial charge in [0.2, 0.25) is 0 Å². The van der Waals surface area contributed by atoms with Gasteiger partial charge in [0.1, 0.15) is 5.76 Å². The van der Waals surface area contributed by atoms with Crippen LogP contribution in [0.3, 0.4) is 0 Å². The predicted molar refractivity (Wildman–Crippen MR) is 87.1 cm³/mol. The minimum absolute atomic E-state index is 0.0963. The summed E-state index contributed by atoms with van der Waals surface area (Å²) in [6.07, 6.45) is 0.640. The van der Waals surface area contributed by atoms with Gasteiger partial charge in [-0.15, -0.1) is 0 Å². The molecule has 0 bridgehead atoms. The maximum absolute atomic E-state index is 12.7. The Morgan fingerprint density at radius 1 is 1.00 bits per heavy atom. The molecular weight excluding hydrogens is 344 g/mol. The van der Waals surface area contributed by atoms with Gasteiger partial charge in [-0.3, -0.25) is 9.59 Å². The van der Waals surface area contributed by atoms with Crippen LogP contribution in [-0.2, 0) is 0 Å². The van der Waals surface area contributed by atoms with E-state index in [1.165, 1.54) is 0 Å². The average Bonchev–Trinajstić information content (AvgIpc) is 3.04. The first-order valence-electron chi connectivity index (χ1n) is 6.64. The standard InChI is InChI=1S/C18H11BrO3/c19-13-6-8-15(17-9-7-14(11-20)22-17)16(10-13)18(21)12-4-2-1-3-5-12/h1-11H. The number of benzene rings is 2. The third-order valence-electron chi connectivity index (χ3n) is 3.27. The third kappa shape index (κ3) is 2.78. The number of carbonyl (C=O) groups excluding carboxylic acids is 2. The van der Waals surface area contributed by atoms with Crippen LogP contribution in [0.5, 0.6) is 0 Å². The highest BCUT2D eigenvalue weighted by molar-refractivity contribution is 9.10. The largest absolute Gasteiger partial charge is 0.453 e. The van der Waals surface area contributed by atoms with Crippen LogP contribution in [0, 0.1) is 0 Å². The lowest BCUT2D eigenvalue weighted by molar-refractivity contribution is 0.103. The van der Waals surface area contributed by atoms with E-state index in [9.17, 15) is 9.59 Å². The van der Waals surface area contributed by atoms with Gasteiger partial charge in [-0.05, 0) is 30.3 Å². The lowest BCUT2D eigenvalue weighted by atomic mass is 9.97. The van der Waals surface area contributed by atoms with Crippen LogP contribution in [0.4, 0.5) is 0 Å². The zero-order chi connectivity index (χ0) is 15.5. The van der Waals surface area contributed by atoms with E-state index in [2.05, 4.69) is 15.9 Å². The number of hydrogen-bond donors (Lipinski definition) is 0. The predicted octanol–water partition coefficient (Wildman–Crippen LogP) is 4.75. The summed E-state index contributed by atoms with van der Waals surface area (Å²) in [7, 11) is 0. The molecule has 22 heavy (non-hydrogen) atoms. The number of rotatable bonds is 4. The number of ketones is 1. The van der Waals surface area contributed by atoms with Gasteiger partial charge < -0.3 is 4.42 Å². The molecule has 2 aromatic carbocycles. The quantitative estimate of drug-likeness (QED) is 0.501. The Hall–Kier alpha value is -2.46. The van der Waals surface area contributed by atoms with Crippen molar-refractivity contribution in [3.63, 3.8) is 0 Å². The topological polar surface area (TPSA) is 47.3 Å². The lowest BCUT2D eigenvalue weighted by Gasteiger charge is -2.08. The summed E-state index contributed by atoms with van der Waals surface area (Å²) in [5.74, 6) is 0.630. The van der Waals surface area contributed by atoms with Crippen LogP contribution in [0.1, 0.15) is 26.5 Å². The highest BCUT2D eigenvalue weighted by atomic mass is 79.9. The first-order chi connectivity index (χ1) is 10.7. The first kappa shape index (κ1) is 14.5. The molecule has 0 atom stereocenters. The number of furan rings is 1. The zero-order valence-corrected chi connectivity index (χ0v) is 13.0. The SMILES string of the molecule is O=Cc1ccc(-c2ccc(Br)cc2C(=O)c2ccccc2)o1. The minimum Gasteiger partial charge on any atom is -0.453 e. The van der Waals surface area contributed by atoms with Gasteiger partial charge in [0.25, 0.3) is 0 Å². The Balaban J connectivity index is 2.12. The van der Waals surface area contributed by atoms with Crippen LogP contribution in [-0.4, -0.2) is 12.1 Å². The fourth-order valence-electron chi connectivity index (χ4n) is 2.23. The molecule has 0 saturated heterocycles. The smallest absolute Gasteiger partial charge is 0.193 e. The molecule has 0 aliphatic heterocycles. The van der Waals surface area contributed by atoms with Crippen molar-refractivity contribution in [3.8, 4) is 11.3 Å². The molecule has 3 rings (SSSR count). The van der Waals surface area contributed by atoms with Gasteiger partial charge in [-0.1, -0.05) is 46.3 Å². The van der Waals surface area contributed by atoms with Gasteiger partial charge >= 0.3 is 0 Å². The summed E-state index contributed by atoms with van der Waals surface area (Å²) in [6, 6.07) is 17.7. The number of halogens is 1.